The van der Waals surface area contributed by atoms with Crippen LogP contribution in [0.2, 0.25) is 0 Å². The van der Waals surface area contributed by atoms with Crippen molar-refractivity contribution in [1.82, 2.24) is 0 Å². The number of anilines is 2. The highest BCUT2D eigenvalue weighted by Gasteiger charge is 2.35. The summed E-state index contributed by atoms with van der Waals surface area (Å²) in [5.74, 6) is -0.320. The third kappa shape index (κ3) is 7.19. The number of hydrogen-bond donors (Lipinski definition) is 1. The molecule has 8 heteroatoms. The van der Waals surface area contributed by atoms with E-state index in [4.69, 9.17) is 30.3 Å². The predicted octanol–water partition coefficient (Wildman–Crippen LogP) is 4.94. The molecule has 1 heterocycles. The Balaban J connectivity index is 1.49. The Hall–Kier alpha value is -3.12. The van der Waals surface area contributed by atoms with Gasteiger partial charge in [0.15, 0.2) is 11.5 Å². The molecule has 176 valence electrons. The summed E-state index contributed by atoms with van der Waals surface area (Å²) in [6.07, 6.45) is 0.992. The molecule has 1 aliphatic rings. The van der Waals surface area contributed by atoms with Crippen molar-refractivity contribution in [2.24, 2.45) is 0 Å². The van der Waals surface area contributed by atoms with Crippen molar-refractivity contribution in [3.8, 4) is 5.75 Å². The minimum atomic E-state index is -0.845. The maximum atomic E-state index is 11.3. The molecule has 0 spiro atoms. The van der Waals surface area contributed by atoms with Crippen molar-refractivity contribution in [3.05, 3.63) is 59.4 Å². The largest absolute Gasteiger partial charge is 0.491 e. The van der Waals surface area contributed by atoms with E-state index in [1.165, 1.54) is 0 Å². The number of rotatable bonds is 12. The average molecular weight is 455 g/mol. The van der Waals surface area contributed by atoms with Crippen LogP contribution in [0.1, 0.15) is 32.3 Å². The highest BCUT2D eigenvalue weighted by Crippen LogP contribution is 2.38. The lowest BCUT2D eigenvalue weighted by molar-refractivity contribution is -0.149. The Morgan fingerprint density at radius 3 is 2.58 bits per heavy atom. The summed E-state index contributed by atoms with van der Waals surface area (Å²) in [7, 11) is 0. The van der Waals surface area contributed by atoms with Crippen molar-refractivity contribution in [2.45, 2.75) is 32.5 Å². The number of ether oxygens (including phenoxy) is 5. The summed E-state index contributed by atoms with van der Waals surface area (Å²) >= 11 is 0. The molecule has 0 aromatic heterocycles. The van der Waals surface area contributed by atoms with Gasteiger partial charge in [-0.25, -0.2) is 4.85 Å². The van der Waals surface area contributed by atoms with Crippen LogP contribution >= 0.6 is 0 Å². The molecule has 1 N–H and O–H groups in total. The normalized spacial score (nSPS) is 14.5. The Morgan fingerprint density at radius 2 is 1.88 bits per heavy atom. The van der Waals surface area contributed by atoms with Crippen LogP contribution in [0.15, 0.2) is 42.5 Å². The summed E-state index contributed by atoms with van der Waals surface area (Å²) in [4.78, 5) is 14.8. The van der Waals surface area contributed by atoms with Gasteiger partial charge in [0.25, 0.3) is 0 Å². The molecule has 3 rings (SSSR count). The van der Waals surface area contributed by atoms with Gasteiger partial charge in [0, 0.05) is 30.0 Å². The van der Waals surface area contributed by atoms with E-state index in [1.807, 2.05) is 37.3 Å². The Kier molecular flexibility index (Phi) is 9.07. The van der Waals surface area contributed by atoms with Gasteiger partial charge in [-0.15, -0.1) is 0 Å². The van der Waals surface area contributed by atoms with Crippen LogP contribution in [0.4, 0.5) is 17.1 Å². The number of nitrogens with one attached hydrogen (secondary N) is 1. The van der Waals surface area contributed by atoms with Gasteiger partial charge in [-0.2, -0.15) is 0 Å². The lowest BCUT2D eigenvalue weighted by Crippen LogP contribution is -2.23. The molecular formula is C25H30N2O6. The zero-order chi connectivity index (χ0) is 23.5. The van der Waals surface area contributed by atoms with E-state index in [0.717, 1.165) is 22.7 Å². The highest BCUT2D eigenvalue weighted by molar-refractivity contribution is 5.70. The zero-order valence-electron chi connectivity index (χ0n) is 19.1. The first-order valence-corrected chi connectivity index (χ1v) is 11.1. The molecule has 0 unspecified atom stereocenters. The van der Waals surface area contributed by atoms with E-state index in [2.05, 4.69) is 10.2 Å². The monoisotopic (exact) mass is 454 g/mol. The van der Waals surface area contributed by atoms with E-state index in [9.17, 15) is 4.79 Å². The van der Waals surface area contributed by atoms with E-state index >= 15 is 0 Å². The van der Waals surface area contributed by atoms with Gasteiger partial charge in [-0.3, -0.25) is 4.79 Å². The Morgan fingerprint density at radius 1 is 1.12 bits per heavy atom. The second kappa shape index (κ2) is 12.2. The van der Waals surface area contributed by atoms with Crippen molar-refractivity contribution < 1.29 is 28.5 Å². The molecule has 0 atom stereocenters. The SMILES string of the molecule is [C-]#[N+]c1ccc(C2(C)OCCO2)c(Nc2ccc(OCCOCCCC(=O)OCC)cc2)c1. The maximum absolute atomic E-state index is 11.3. The standard InChI is InChI=1S/C25H30N2O6/c1-4-30-24(28)6-5-13-29-14-15-31-21-10-7-19(8-11-21)27-23-18-20(26-3)9-12-22(23)25(2)32-16-17-33-25/h7-12,18,27H,4-6,13-17H2,1-2H3. The summed E-state index contributed by atoms with van der Waals surface area (Å²) in [6.45, 7) is 13.8. The van der Waals surface area contributed by atoms with Gasteiger partial charge in [0.2, 0.25) is 0 Å². The van der Waals surface area contributed by atoms with Crippen LogP contribution in [-0.2, 0) is 29.5 Å². The second-order valence-corrected chi connectivity index (χ2v) is 7.50. The zero-order valence-corrected chi connectivity index (χ0v) is 19.1. The van der Waals surface area contributed by atoms with Gasteiger partial charge < -0.3 is 29.0 Å². The summed E-state index contributed by atoms with van der Waals surface area (Å²) < 4.78 is 27.7. The summed E-state index contributed by atoms with van der Waals surface area (Å²) in [5.41, 5.74) is 2.98. The van der Waals surface area contributed by atoms with Crippen LogP contribution in [0.5, 0.6) is 5.75 Å². The summed E-state index contributed by atoms with van der Waals surface area (Å²) in [5, 5.41) is 3.36. The minimum Gasteiger partial charge on any atom is -0.491 e. The van der Waals surface area contributed by atoms with E-state index < -0.39 is 5.79 Å². The number of carbonyl (C=O) groups excluding carboxylic acids is 1. The predicted molar refractivity (Wildman–Crippen MR) is 124 cm³/mol. The van der Waals surface area contributed by atoms with Crippen LogP contribution < -0.4 is 10.1 Å². The fourth-order valence-corrected chi connectivity index (χ4v) is 3.43. The fraction of sp³-hybridized carbons (Fsp3) is 0.440. The van der Waals surface area contributed by atoms with E-state index in [0.29, 0.717) is 58.2 Å². The van der Waals surface area contributed by atoms with Crippen LogP contribution in [0, 0.1) is 6.57 Å². The minimum absolute atomic E-state index is 0.198. The number of nitrogens with zero attached hydrogens (tertiary/aromatic N) is 1. The molecule has 0 radical (unpaired) electrons. The molecule has 33 heavy (non-hydrogen) atoms. The number of hydrogen-bond acceptors (Lipinski definition) is 7. The molecule has 1 fully saturated rings. The number of carbonyl (C=O) groups is 1. The molecule has 0 saturated carbocycles. The van der Waals surface area contributed by atoms with Crippen LogP contribution in [0.25, 0.3) is 4.85 Å². The maximum Gasteiger partial charge on any atom is 0.305 e. The summed E-state index contributed by atoms with van der Waals surface area (Å²) in [6, 6.07) is 13.0. The third-order valence-electron chi connectivity index (χ3n) is 5.06. The molecule has 1 aliphatic heterocycles. The van der Waals surface area contributed by atoms with Gasteiger partial charge in [0.05, 0.1) is 33.0 Å². The lowest BCUT2D eigenvalue weighted by atomic mass is 10.0. The topological polar surface area (TPSA) is 79.6 Å². The molecular weight excluding hydrogens is 424 g/mol. The quantitative estimate of drug-likeness (QED) is 0.276. The molecule has 0 amide bonds. The number of esters is 1. The van der Waals surface area contributed by atoms with Crippen molar-refractivity contribution >= 4 is 23.0 Å². The van der Waals surface area contributed by atoms with Crippen molar-refractivity contribution in [2.75, 3.05) is 45.0 Å². The first kappa shape index (κ1) is 24.5. The van der Waals surface area contributed by atoms with Crippen LogP contribution in [-0.4, -0.2) is 45.6 Å². The third-order valence-corrected chi connectivity index (χ3v) is 5.06. The molecule has 2 aromatic rings. The van der Waals surface area contributed by atoms with E-state index in [1.54, 1.807) is 19.1 Å². The fourth-order valence-electron chi connectivity index (χ4n) is 3.43. The van der Waals surface area contributed by atoms with E-state index in [-0.39, 0.29) is 5.97 Å². The van der Waals surface area contributed by atoms with Crippen LogP contribution in [0.3, 0.4) is 0 Å². The smallest absolute Gasteiger partial charge is 0.305 e. The average Bonchev–Trinajstić information content (AvgIpc) is 3.27. The Labute approximate surface area is 194 Å². The van der Waals surface area contributed by atoms with Gasteiger partial charge in [-0.1, -0.05) is 12.1 Å². The first-order valence-electron chi connectivity index (χ1n) is 11.1. The van der Waals surface area contributed by atoms with Gasteiger partial charge >= 0.3 is 5.97 Å². The molecule has 0 aliphatic carbocycles. The second-order valence-electron chi connectivity index (χ2n) is 7.50. The molecule has 2 aromatic carbocycles. The highest BCUT2D eigenvalue weighted by atomic mass is 16.7. The van der Waals surface area contributed by atoms with Gasteiger partial charge in [0.1, 0.15) is 12.4 Å². The van der Waals surface area contributed by atoms with Crippen molar-refractivity contribution in [3.63, 3.8) is 0 Å². The first-order chi connectivity index (χ1) is 16.0. The molecule has 8 nitrogen and oxygen atoms in total. The lowest BCUT2D eigenvalue weighted by Gasteiger charge is -2.26. The number of benzene rings is 2. The van der Waals surface area contributed by atoms with Gasteiger partial charge in [-0.05, 0) is 50.6 Å². The molecule has 1 saturated heterocycles. The Bertz CT molecular complexity index is 948. The molecule has 0 bridgehead atoms. The van der Waals surface area contributed by atoms with Crippen molar-refractivity contribution in [1.29, 1.82) is 0 Å².